The largest absolute Gasteiger partial charge is 0.393 e. The van der Waals surface area contributed by atoms with Crippen LogP contribution < -0.4 is 5.32 Å². The van der Waals surface area contributed by atoms with Crippen LogP contribution in [0.3, 0.4) is 0 Å². The summed E-state index contributed by atoms with van der Waals surface area (Å²) in [6.07, 6.45) is 3.15. The van der Waals surface area contributed by atoms with E-state index >= 15 is 0 Å². The van der Waals surface area contributed by atoms with Crippen molar-refractivity contribution < 1.29 is 5.11 Å². The molecule has 0 radical (unpaired) electrons. The zero-order chi connectivity index (χ0) is 13.3. The van der Waals surface area contributed by atoms with Gasteiger partial charge >= 0.3 is 0 Å². The van der Waals surface area contributed by atoms with Crippen molar-refractivity contribution in [3.8, 4) is 0 Å². The molecule has 2 unspecified atom stereocenters. The van der Waals surface area contributed by atoms with Gasteiger partial charge in [-0.2, -0.15) is 0 Å². The Labute approximate surface area is 108 Å². The van der Waals surface area contributed by atoms with Crippen molar-refractivity contribution >= 4 is 0 Å². The van der Waals surface area contributed by atoms with Gasteiger partial charge in [-0.05, 0) is 38.8 Å². The molecule has 0 rings (SSSR count). The van der Waals surface area contributed by atoms with Crippen LogP contribution in [-0.4, -0.2) is 49.3 Å². The van der Waals surface area contributed by atoms with Crippen molar-refractivity contribution in [1.29, 1.82) is 0 Å². The van der Waals surface area contributed by atoms with E-state index in [-0.39, 0.29) is 6.10 Å². The van der Waals surface area contributed by atoms with E-state index in [0.29, 0.717) is 5.41 Å². The standard InChI is InChI=1S/C14H32N2O/c1-6-9-14(4,11-15-7-2)12-16(5)10-8-13(3)17/h13,15,17H,6-12H2,1-5H3. The lowest BCUT2D eigenvalue weighted by Crippen LogP contribution is -2.41. The summed E-state index contributed by atoms with van der Waals surface area (Å²) in [5.74, 6) is 0. The van der Waals surface area contributed by atoms with Gasteiger partial charge in [-0.3, -0.25) is 0 Å². The lowest BCUT2D eigenvalue weighted by molar-refractivity contribution is 0.135. The molecule has 3 heteroatoms. The summed E-state index contributed by atoms with van der Waals surface area (Å²) in [4.78, 5) is 2.35. The van der Waals surface area contributed by atoms with Crippen molar-refractivity contribution in [3.05, 3.63) is 0 Å². The second-order valence-electron chi connectivity index (χ2n) is 5.72. The third-order valence-electron chi connectivity index (χ3n) is 3.24. The molecule has 0 aliphatic heterocycles. The minimum Gasteiger partial charge on any atom is -0.393 e. The molecule has 0 aromatic rings. The average Bonchev–Trinajstić information content (AvgIpc) is 2.24. The van der Waals surface area contributed by atoms with E-state index < -0.39 is 0 Å². The minimum atomic E-state index is -0.191. The van der Waals surface area contributed by atoms with E-state index in [9.17, 15) is 5.11 Å². The lowest BCUT2D eigenvalue weighted by Gasteiger charge is -2.34. The number of aliphatic hydroxyl groups is 1. The molecule has 104 valence electrons. The smallest absolute Gasteiger partial charge is 0.0524 e. The molecule has 3 nitrogen and oxygen atoms in total. The van der Waals surface area contributed by atoms with Gasteiger partial charge in [-0.25, -0.2) is 0 Å². The quantitative estimate of drug-likeness (QED) is 0.618. The van der Waals surface area contributed by atoms with Crippen molar-refractivity contribution in [2.45, 2.75) is 53.1 Å². The molecule has 2 atom stereocenters. The normalized spacial score (nSPS) is 17.1. The Bertz CT molecular complexity index is 185. The first-order valence-electron chi connectivity index (χ1n) is 7.01. The Kier molecular flexibility index (Phi) is 8.83. The maximum atomic E-state index is 9.31. The molecule has 0 saturated heterocycles. The Morgan fingerprint density at radius 2 is 2.00 bits per heavy atom. The fourth-order valence-corrected chi connectivity index (χ4v) is 2.39. The van der Waals surface area contributed by atoms with Crippen LogP contribution in [0, 0.1) is 5.41 Å². The number of hydrogen-bond donors (Lipinski definition) is 2. The molecule has 17 heavy (non-hydrogen) atoms. The Morgan fingerprint density at radius 1 is 1.35 bits per heavy atom. The second kappa shape index (κ2) is 8.90. The fourth-order valence-electron chi connectivity index (χ4n) is 2.39. The van der Waals surface area contributed by atoms with E-state index in [1.165, 1.54) is 12.8 Å². The van der Waals surface area contributed by atoms with Gasteiger partial charge in [0.25, 0.3) is 0 Å². The van der Waals surface area contributed by atoms with Crippen LogP contribution >= 0.6 is 0 Å². The third-order valence-corrected chi connectivity index (χ3v) is 3.24. The maximum Gasteiger partial charge on any atom is 0.0524 e. The van der Waals surface area contributed by atoms with E-state index in [4.69, 9.17) is 0 Å². The van der Waals surface area contributed by atoms with Crippen molar-refractivity contribution in [2.75, 3.05) is 33.2 Å². The van der Waals surface area contributed by atoms with Gasteiger partial charge in [-0.15, -0.1) is 0 Å². The number of hydrogen-bond acceptors (Lipinski definition) is 3. The molecule has 0 fully saturated rings. The predicted molar refractivity (Wildman–Crippen MR) is 75.4 cm³/mol. The Morgan fingerprint density at radius 3 is 2.47 bits per heavy atom. The van der Waals surface area contributed by atoms with Crippen LogP contribution in [0.1, 0.15) is 47.0 Å². The van der Waals surface area contributed by atoms with Crippen LogP contribution in [0.25, 0.3) is 0 Å². The molecule has 0 aliphatic rings. The van der Waals surface area contributed by atoms with Crippen LogP contribution in [0.5, 0.6) is 0 Å². The molecule has 0 aromatic heterocycles. The van der Waals surface area contributed by atoms with E-state index in [2.05, 4.69) is 38.0 Å². The molecule has 0 aromatic carbocycles. The molecule has 0 saturated carbocycles. The van der Waals surface area contributed by atoms with Crippen molar-refractivity contribution in [1.82, 2.24) is 10.2 Å². The summed E-state index contributed by atoms with van der Waals surface area (Å²) >= 11 is 0. The number of rotatable bonds is 10. The highest BCUT2D eigenvalue weighted by molar-refractivity contribution is 4.79. The van der Waals surface area contributed by atoms with E-state index in [0.717, 1.165) is 32.6 Å². The highest BCUT2D eigenvalue weighted by atomic mass is 16.3. The second-order valence-corrected chi connectivity index (χ2v) is 5.72. The summed E-state index contributed by atoms with van der Waals surface area (Å²) in [7, 11) is 2.15. The summed E-state index contributed by atoms with van der Waals surface area (Å²) in [6, 6.07) is 0. The van der Waals surface area contributed by atoms with Crippen molar-refractivity contribution in [3.63, 3.8) is 0 Å². The zero-order valence-electron chi connectivity index (χ0n) is 12.4. The maximum absolute atomic E-state index is 9.31. The lowest BCUT2D eigenvalue weighted by atomic mass is 9.85. The highest BCUT2D eigenvalue weighted by Gasteiger charge is 2.24. The van der Waals surface area contributed by atoms with Gasteiger partial charge in [0, 0.05) is 19.6 Å². The monoisotopic (exact) mass is 244 g/mol. The average molecular weight is 244 g/mol. The zero-order valence-corrected chi connectivity index (χ0v) is 12.4. The molecule has 0 spiro atoms. The molecular weight excluding hydrogens is 212 g/mol. The number of nitrogens with one attached hydrogen (secondary N) is 1. The molecule has 0 aliphatic carbocycles. The van der Waals surface area contributed by atoms with Crippen LogP contribution in [0.2, 0.25) is 0 Å². The van der Waals surface area contributed by atoms with Gasteiger partial charge in [0.15, 0.2) is 0 Å². The van der Waals surface area contributed by atoms with Gasteiger partial charge < -0.3 is 15.3 Å². The highest BCUT2D eigenvalue weighted by Crippen LogP contribution is 2.23. The Hall–Kier alpha value is -0.120. The topological polar surface area (TPSA) is 35.5 Å². The summed E-state index contributed by atoms with van der Waals surface area (Å²) in [5, 5.41) is 12.8. The van der Waals surface area contributed by atoms with E-state index in [1.807, 2.05) is 6.92 Å². The first-order valence-corrected chi connectivity index (χ1v) is 7.01. The Balaban J connectivity index is 4.12. The number of aliphatic hydroxyl groups excluding tert-OH is 1. The molecule has 0 heterocycles. The van der Waals surface area contributed by atoms with Gasteiger partial charge in [0.05, 0.1) is 6.10 Å². The molecule has 0 bridgehead atoms. The van der Waals surface area contributed by atoms with Gasteiger partial charge in [-0.1, -0.05) is 27.2 Å². The predicted octanol–water partition coefficient (Wildman–Crippen LogP) is 2.11. The minimum absolute atomic E-state index is 0.191. The summed E-state index contributed by atoms with van der Waals surface area (Å²) in [6.45, 7) is 12.8. The van der Waals surface area contributed by atoms with Gasteiger partial charge in [0.2, 0.25) is 0 Å². The molecular formula is C14H32N2O. The summed E-state index contributed by atoms with van der Waals surface area (Å²) in [5.41, 5.74) is 0.345. The number of nitrogens with zero attached hydrogens (tertiary/aromatic N) is 1. The first kappa shape index (κ1) is 16.9. The first-order chi connectivity index (χ1) is 7.93. The molecule has 0 amide bonds. The van der Waals surface area contributed by atoms with Crippen LogP contribution in [-0.2, 0) is 0 Å². The third kappa shape index (κ3) is 8.58. The molecule has 2 N–H and O–H groups in total. The van der Waals surface area contributed by atoms with Crippen LogP contribution in [0.15, 0.2) is 0 Å². The van der Waals surface area contributed by atoms with Gasteiger partial charge in [0.1, 0.15) is 0 Å². The fraction of sp³-hybridized carbons (Fsp3) is 1.00. The van der Waals surface area contributed by atoms with E-state index in [1.54, 1.807) is 0 Å². The van der Waals surface area contributed by atoms with Crippen LogP contribution in [0.4, 0.5) is 0 Å². The van der Waals surface area contributed by atoms with Crippen molar-refractivity contribution in [2.24, 2.45) is 5.41 Å². The SMILES string of the molecule is CCCC(C)(CNCC)CN(C)CCC(C)O. The summed E-state index contributed by atoms with van der Waals surface area (Å²) < 4.78 is 0.